The van der Waals surface area contributed by atoms with E-state index in [4.69, 9.17) is 5.73 Å². The van der Waals surface area contributed by atoms with Crippen LogP contribution in [0.25, 0.3) is 0 Å². The Hall–Kier alpha value is -1.09. The smallest absolute Gasteiger partial charge is 0.131 e. The average Bonchev–Trinajstić information content (AvgIpc) is 2.65. The lowest BCUT2D eigenvalue weighted by Gasteiger charge is -2.24. The highest BCUT2D eigenvalue weighted by Crippen LogP contribution is 2.26. The molecule has 2 heterocycles. The van der Waals surface area contributed by atoms with Crippen LogP contribution in [-0.4, -0.2) is 24.1 Å². The Balaban J connectivity index is 2.21. The van der Waals surface area contributed by atoms with Crippen LogP contribution in [-0.2, 0) is 6.42 Å². The van der Waals surface area contributed by atoms with Gasteiger partial charge in [-0.1, -0.05) is 6.07 Å². The minimum atomic E-state index is 0.631. The summed E-state index contributed by atoms with van der Waals surface area (Å²) in [5.74, 6) is 1.16. The zero-order valence-corrected chi connectivity index (χ0v) is 10.2. The number of nitrogens with zero attached hydrogens (tertiary/aromatic N) is 2. The van der Waals surface area contributed by atoms with Crippen LogP contribution in [0.4, 0.5) is 5.82 Å². The molecule has 1 atom stereocenters. The molecule has 1 aliphatic rings. The third-order valence-corrected chi connectivity index (χ3v) is 3.37. The minimum Gasteiger partial charge on any atom is -0.354 e. The predicted molar refractivity (Wildman–Crippen MR) is 67.8 cm³/mol. The van der Waals surface area contributed by atoms with E-state index in [0.717, 1.165) is 18.8 Å². The van der Waals surface area contributed by atoms with Crippen molar-refractivity contribution < 1.29 is 0 Å². The number of hydrogen-bond donors (Lipinski definition) is 1. The Kier molecular flexibility index (Phi) is 3.44. The number of aryl methyl sites for hydroxylation is 1. The van der Waals surface area contributed by atoms with E-state index in [1.54, 1.807) is 0 Å². The lowest BCUT2D eigenvalue weighted by molar-refractivity contribution is 0.724. The summed E-state index contributed by atoms with van der Waals surface area (Å²) in [7, 11) is 0. The van der Waals surface area contributed by atoms with Crippen molar-refractivity contribution in [3.8, 4) is 0 Å². The maximum absolute atomic E-state index is 5.55. The van der Waals surface area contributed by atoms with E-state index in [2.05, 4.69) is 29.8 Å². The number of hydrogen-bond acceptors (Lipinski definition) is 3. The first-order valence-corrected chi connectivity index (χ1v) is 6.14. The second kappa shape index (κ2) is 4.83. The zero-order chi connectivity index (χ0) is 11.5. The number of anilines is 1. The van der Waals surface area contributed by atoms with Gasteiger partial charge in [-0.2, -0.15) is 0 Å². The van der Waals surface area contributed by atoms with Crippen LogP contribution >= 0.6 is 0 Å². The van der Waals surface area contributed by atoms with Crippen LogP contribution in [0.5, 0.6) is 0 Å². The molecule has 0 bridgehead atoms. The molecule has 0 aromatic carbocycles. The predicted octanol–water partition coefficient (Wildman–Crippen LogP) is 1.88. The first kappa shape index (κ1) is 11.4. The van der Waals surface area contributed by atoms with E-state index < -0.39 is 0 Å². The summed E-state index contributed by atoms with van der Waals surface area (Å²) in [6, 6.07) is 2.85. The molecule has 0 radical (unpaired) electrons. The monoisotopic (exact) mass is 219 g/mol. The molecule has 3 heteroatoms. The summed E-state index contributed by atoms with van der Waals surface area (Å²) < 4.78 is 0. The van der Waals surface area contributed by atoms with E-state index in [9.17, 15) is 0 Å². The Morgan fingerprint density at radius 2 is 2.38 bits per heavy atom. The van der Waals surface area contributed by atoms with Gasteiger partial charge in [-0.15, -0.1) is 0 Å². The first-order valence-electron chi connectivity index (χ1n) is 6.14. The fourth-order valence-electron chi connectivity index (χ4n) is 2.48. The molecule has 0 spiro atoms. The van der Waals surface area contributed by atoms with Gasteiger partial charge in [0, 0.05) is 18.8 Å². The normalized spacial score (nSPS) is 20.4. The van der Waals surface area contributed by atoms with Crippen LogP contribution in [0.2, 0.25) is 0 Å². The van der Waals surface area contributed by atoms with Crippen LogP contribution in [0.3, 0.4) is 0 Å². The molecule has 0 amide bonds. The quantitative estimate of drug-likeness (QED) is 0.844. The van der Waals surface area contributed by atoms with Gasteiger partial charge in [0.25, 0.3) is 0 Å². The van der Waals surface area contributed by atoms with Crippen molar-refractivity contribution in [1.29, 1.82) is 0 Å². The minimum absolute atomic E-state index is 0.631. The molecule has 1 aromatic rings. The molecule has 16 heavy (non-hydrogen) atoms. The highest BCUT2D eigenvalue weighted by atomic mass is 15.2. The summed E-state index contributed by atoms with van der Waals surface area (Å²) in [6.45, 7) is 6.27. The lowest BCUT2D eigenvalue weighted by atomic mass is 10.1. The van der Waals surface area contributed by atoms with Crippen LogP contribution in [0.15, 0.2) is 12.3 Å². The fraction of sp³-hybridized carbons (Fsp3) is 0.615. The van der Waals surface area contributed by atoms with Crippen molar-refractivity contribution in [2.75, 3.05) is 18.0 Å². The fourth-order valence-corrected chi connectivity index (χ4v) is 2.48. The standard InChI is InChI=1S/C13H21N3/c1-10-8-12(5-6-14)9-15-13(10)16-7-3-4-11(16)2/h8-9,11H,3-7,14H2,1-2H3. The van der Waals surface area contributed by atoms with Crippen molar-refractivity contribution in [2.45, 2.75) is 39.2 Å². The molecule has 3 nitrogen and oxygen atoms in total. The second-order valence-corrected chi connectivity index (χ2v) is 4.71. The van der Waals surface area contributed by atoms with E-state index >= 15 is 0 Å². The van der Waals surface area contributed by atoms with Crippen LogP contribution in [0, 0.1) is 6.92 Å². The summed E-state index contributed by atoms with van der Waals surface area (Å²) in [5.41, 5.74) is 8.08. The highest BCUT2D eigenvalue weighted by Gasteiger charge is 2.22. The van der Waals surface area contributed by atoms with E-state index in [-0.39, 0.29) is 0 Å². The number of pyridine rings is 1. The molecule has 0 saturated carbocycles. The highest BCUT2D eigenvalue weighted by molar-refractivity contribution is 5.49. The summed E-state index contributed by atoms with van der Waals surface area (Å²) >= 11 is 0. The summed E-state index contributed by atoms with van der Waals surface area (Å²) in [5, 5.41) is 0. The van der Waals surface area contributed by atoms with Crippen LogP contribution in [0.1, 0.15) is 30.9 Å². The number of nitrogens with two attached hydrogens (primary N) is 1. The van der Waals surface area contributed by atoms with Gasteiger partial charge in [0.2, 0.25) is 0 Å². The Morgan fingerprint density at radius 3 is 2.94 bits per heavy atom. The zero-order valence-electron chi connectivity index (χ0n) is 10.2. The third kappa shape index (κ3) is 2.19. The lowest BCUT2D eigenvalue weighted by Crippen LogP contribution is -2.28. The van der Waals surface area contributed by atoms with E-state index in [1.807, 2.05) is 6.20 Å². The van der Waals surface area contributed by atoms with Crippen molar-refractivity contribution in [3.05, 3.63) is 23.4 Å². The van der Waals surface area contributed by atoms with Gasteiger partial charge in [0.1, 0.15) is 5.82 Å². The SMILES string of the molecule is Cc1cc(CCN)cnc1N1CCCC1C. The molecule has 2 rings (SSSR count). The Bertz CT molecular complexity index is 362. The molecule has 1 saturated heterocycles. The molecular formula is C13H21N3. The molecule has 1 aliphatic heterocycles. The molecule has 2 N–H and O–H groups in total. The first-order chi connectivity index (χ1) is 7.72. The van der Waals surface area contributed by atoms with Gasteiger partial charge >= 0.3 is 0 Å². The van der Waals surface area contributed by atoms with Gasteiger partial charge in [-0.3, -0.25) is 0 Å². The van der Waals surface area contributed by atoms with E-state index in [0.29, 0.717) is 12.6 Å². The molecule has 88 valence electrons. The second-order valence-electron chi connectivity index (χ2n) is 4.71. The molecular weight excluding hydrogens is 198 g/mol. The van der Waals surface area contributed by atoms with Gasteiger partial charge in [-0.05, 0) is 50.8 Å². The van der Waals surface area contributed by atoms with Gasteiger partial charge in [0.15, 0.2) is 0 Å². The molecule has 1 fully saturated rings. The maximum atomic E-state index is 5.55. The third-order valence-electron chi connectivity index (χ3n) is 3.37. The molecule has 1 unspecified atom stereocenters. The van der Waals surface area contributed by atoms with Crippen molar-refractivity contribution in [1.82, 2.24) is 4.98 Å². The van der Waals surface area contributed by atoms with Gasteiger partial charge in [-0.25, -0.2) is 4.98 Å². The Morgan fingerprint density at radius 1 is 1.56 bits per heavy atom. The number of rotatable bonds is 3. The number of aromatic nitrogens is 1. The largest absolute Gasteiger partial charge is 0.354 e. The molecule has 0 aliphatic carbocycles. The topological polar surface area (TPSA) is 42.1 Å². The molecule has 1 aromatic heterocycles. The van der Waals surface area contributed by atoms with Crippen molar-refractivity contribution >= 4 is 5.82 Å². The van der Waals surface area contributed by atoms with Crippen molar-refractivity contribution in [2.24, 2.45) is 5.73 Å². The average molecular weight is 219 g/mol. The van der Waals surface area contributed by atoms with Crippen LogP contribution < -0.4 is 10.6 Å². The van der Waals surface area contributed by atoms with Crippen molar-refractivity contribution in [3.63, 3.8) is 0 Å². The summed E-state index contributed by atoms with van der Waals surface area (Å²) in [6.07, 6.45) is 5.46. The van der Waals surface area contributed by atoms with Gasteiger partial charge < -0.3 is 10.6 Å². The van der Waals surface area contributed by atoms with E-state index in [1.165, 1.54) is 24.0 Å². The maximum Gasteiger partial charge on any atom is 0.131 e. The summed E-state index contributed by atoms with van der Waals surface area (Å²) in [4.78, 5) is 7.02. The van der Waals surface area contributed by atoms with Gasteiger partial charge in [0.05, 0.1) is 0 Å². The Labute approximate surface area is 97.7 Å².